The van der Waals surface area contributed by atoms with E-state index in [9.17, 15) is 15.0 Å². The van der Waals surface area contributed by atoms with Gasteiger partial charge in [0.05, 0.1) is 7.11 Å². The molecule has 0 aromatic rings. The number of hydrogen-bond acceptors (Lipinski definition) is 6. The van der Waals surface area contributed by atoms with Gasteiger partial charge in [0.25, 0.3) is 0 Å². The van der Waals surface area contributed by atoms with Gasteiger partial charge in [0.15, 0.2) is 12.4 Å². The second kappa shape index (κ2) is 4.01. The molecule has 6 nitrogen and oxygen atoms in total. The average Bonchev–Trinajstić information content (AvgIpc) is 2.43. The van der Waals surface area contributed by atoms with Gasteiger partial charge in [-0.15, -0.1) is 0 Å². The maximum atomic E-state index is 11.0. The molecule has 0 bridgehead atoms. The van der Waals surface area contributed by atoms with E-state index in [0.29, 0.717) is 0 Å². The Hall–Kier alpha value is -0.690. The van der Waals surface area contributed by atoms with Crippen molar-refractivity contribution in [2.24, 2.45) is 0 Å². The number of methoxy groups -OCH3 is 2. The Bertz CT molecular complexity index is 193. The molecule has 1 heterocycles. The number of carbonyl (C=O) groups excluding carboxylic acids is 1. The van der Waals surface area contributed by atoms with E-state index in [0.717, 1.165) is 0 Å². The van der Waals surface area contributed by atoms with Gasteiger partial charge in [-0.1, -0.05) is 0 Å². The Morgan fingerprint density at radius 2 is 1.92 bits per heavy atom. The summed E-state index contributed by atoms with van der Waals surface area (Å²) in [6.45, 7) is 0. The molecule has 0 aliphatic carbocycles. The van der Waals surface area contributed by atoms with Crippen LogP contribution in [0.4, 0.5) is 0 Å². The molecule has 1 aliphatic rings. The largest absolute Gasteiger partial charge is 0.467 e. The van der Waals surface area contributed by atoms with Crippen LogP contribution in [0.25, 0.3) is 0 Å². The van der Waals surface area contributed by atoms with E-state index in [1.54, 1.807) is 0 Å². The first-order valence-corrected chi connectivity index (χ1v) is 3.74. The summed E-state index contributed by atoms with van der Waals surface area (Å²) in [6, 6.07) is 0. The standard InChI is InChI=1S/C7H12O6/c1-11-6(10)5-3(8)4(9)7(12-2)13-5/h3-5,7-9H,1-2H3/t3-,4-,5-,7?/m0/s1. The minimum absolute atomic E-state index is 0.730. The van der Waals surface area contributed by atoms with Crippen molar-refractivity contribution >= 4 is 5.97 Å². The van der Waals surface area contributed by atoms with Gasteiger partial charge >= 0.3 is 5.97 Å². The molecule has 1 aliphatic heterocycles. The molecule has 0 radical (unpaired) electrons. The number of esters is 1. The fourth-order valence-electron chi connectivity index (χ4n) is 1.15. The van der Waals surface area contributed by atoms with Crippen LogP contribution in [-0.2, 0) is 19.0 Å². The van der Waals surface area contributed by atoms with Crippen molar-refractivity contribution in [3.63, 3.8) is 0 Å². The lowest BCUT2D eigenvalue weighted by atomic mass is 10.1. The van der Waals surface area contributed by atoms with E-state index in [1.807, 2.05) is 0 Å². The first-order chi connectivity index (χ1) is 6.11. The third-order valence-corrected chi connectivity index (χ3v) is 1.89. The molecule has 0 amide bonds. The lowest BCUT2D eigenvalue weighted by molar-refractivity contribution is -0.174. The summed E-state index contributed by atoms with van der Waals surface area (Å²) in [5, 5.41) is 18.6. The second-order valence-electron chi connectivity index (χ2n) is 2.67. The van der Waals surface area contributed by atoms with Gasteiger partial charge in [-0.2, -0.15) is 0 Å². The molecule has 4 atom stereocenters. The number of hydrogen-bond donors (Lipinski definition) is 2. The molecular formula is C7H12O6. The van der Waals surface area contributed by atoms with Crippen LogP contribution in [0.15, 0.2) is 0 Å². The predicted molar refractivity (Wildman–Crippen MR) is 39.7 cm³/mol. The minimum atomic E-state index is -1.31. The molecule has 6 heteroatoms. The molecular weight excluding hydrogens is 180 g/mol. The number of rotatable bonds is 2. The maximum Gasteiger partial charge on any atom is 0.337 e. The van der Waals surface area contributed by atoms with Crippen LogP contribution in [-0.4, -0.2) is 55.0 Å². The van der Waals surface area contributed by atoms with Crippen molar-refractivity contribution < 1.29 is 29.2 Å². The highest BCUT2D eigenvalue weighted by Crippen LogP contribution is 2.22. The smallest absolute Gasteiger partial charge is 0.337 e. The summed E-state index contributed by atoms with van der Waals surface area (Å²) >= 11 is 0. The van der Waals surface area contributed by atoms with Crippen LogP contribution < -0.4 is 0 Å². The number of carbonyl (C=O) groups is 1. The first kappa shape index (κ1) is 10.4. The topological polar surface area (TPSA) is 85.2 Å². The molecule has 13 heavy (non-hydrogen) atoms. The van der Waals surface area contributed by atoms with Gasteiger partial charge in [0.2, 0.25) is 0 Å². The van der Waals surface area contributed by atoms with E-state index in [4.69, 9.17) is 4.74 Å². The van der Waals surface area contributed by atoms with Gasteiger partial charge in [-0.05, 0) is 0 Å². The van der Waals surface area contributed by atoms with Crippen molar-refractivity contribution in [2.45, 2.75) is 24.6 Å². The molecule has 76 valence electrons. The van der Waals surface area contributed by atoms with Crippen molar-refractivity contribution in [1.29, 1.82) is 0 Å². The number of aliphatic hydroxyl groups excluding tert-OH is 2. The Kier molecular flexibility index (Phi) is 3.21. The molecule has 2 N–H and O–H groups in total. The summed E-state index contributed by atoms with van der Waals surface area (Å²) in [6.07, 6.45) is -4.70. The zero-order valence-electron chi connectivity index (χ0n) is 7.34. The highest BCUT2D eigenvalue weighted by atomic mass is 16.7. The zero-order valence-corrected chi connectivity index (χ0v) is 7.34. The molecule has 1 fully saturated rings. The van der Waals surface area contributed by atoms with Crippen molar-refractivity contribution in [2.75, 3.05) is 14.2 Å². The summed E-state index contributed by atoms with van der Waals surface area (Å²) in [4.78, 5) is 11.0. The van der Waals surface area contributed by atoms with E-state index in [-0.39, 0.29) is 0 Å². The van der Waals surface area contributed by atoms with Crippen LogP contribution in [0, 0.1) is 0 Å². The third kappa shape index (κ3) is 1.80. The highest BCUT2D eigenvalue weighted by Gasteiger charge is 2.47. The Morgan fingerprint density at radius 1 is 1.31 bits per heavy atom. The van der Waals surface area contributed by atoms with Gasteiger partial charge in [0.1, 0.15) is 12.2 Å². The van der Waals surface area contributed by atoms with E-state index >= 15 is 0 Å². The number of ether oxygens (including phenoxy) is 3. The lowest BCUT2D eigenvalue weighted by Gasteiger charge is -2.11. The maximum absolute atomic E-state index is 11.0. The normalized spacial score (nSPS) is 39.1. The van der Waals surface area contributed by atoms with Crippen molar-refractivity contribution in [3.05, 3.63) is 0 Å². The summed E-state index contributed by atoms with van der Waals surface area (Å²) < 4.78 is 13.9. The van der Waals surface area contributed by atoms with Crippen LogP contribution in [0.2, 0.25) is 0 Å². The van der Waals surface area contributed by atoms with Crippen LogP contribution in [0.5, 0.6) is 0 Å². The van der Waals surface area contributed by atoms with Crippen molar-refractivity contribution in [3.8, 4) is 0 Å². The number of aliphatic hydroxyl groups is 2. The molecule has 0 saturated carbocycles. The zero-order chi connectivity index (χ0) is 10.0. The predicted octanol–water partition coefficient (Wildman–Crippen LogP) is -1.75. The van der Waals surface area contributed by atoms with Gasteiger partial charge in [0, 0.05) is 7.11 Å². The summed E-state index contributed by atoms with van der Waals surface area (Å²) in [5.41, 5.74) is 0. The average molecular weight is 192 g/mol. The second-order valence-corrected chi connectivity index (χ2v) is 2.67. The minimum Gasteiger partial charge on any atom is -0.467 e. The molecule has 0 spiro atoms. The molecule has 0 aromatic carbocycles. The lowest BCUT2D eigenvalue weighted by Crippen LogP contribution is -2.37. The Labute approximate surface area is 75.0 Å². The monoisotopic (exact) mass is 192 g/mol. The summed E-state index contributed by atoms with van der Waals surface area (Å²) in [7, 11) is 2.48. The third-order valence-electron chi connectivity index (χ3n) is 1.89. The van der Waals surface area contributed by atoms with Crippen LogP contribution >= 0.6 is 0 Å². The highest BCUT2D eigenvalue weighted by molar-refractivity contribution is 5.75. The fraction of sp³-hybridized carbons (Fsp3) is 0.857. The fourth-order valence-corrected chi connectivity index (χ4v) is 1.15. The molecule has 0 aromatic heterocycles. The van der Waals surface area contributed by atoms with Gasteiger partial charge in [-0.25, -0.2) is 4.79 Å². The van der Waals surface area contributed by atoms with Crippen LogP contribution in [0.1, 0.15) is 0 Å². The summed E-state index contributed by atoms with van der Waals surface area (Å²) in [5.74, 6) is -0.730. The first-order valence-electron chi connectivity index (χ1n) is 3.74. The molecule has 1 rings (SSSR count). The van der Waals surface area contributed by atoms with Gasteiger partial charge < -0.3 is 24.4 Å². The van der Waals surface area contributed by atoms with E-state index in [1.165, 1.54) is 14.2 Å². The Morgan fingerprint density at radius 3 is 2.31 bits per heavy atom. The molecule has 1 unspecified atom stereocenters. The van der Waals surface area contributed by atoms with E-state index in [2.05, 4.69) is 9.47 Å². The van der Waals surface area contributed by atoms with Crippen molar-refractivity contribution in [1.82, 2.24) is 0 Å². The van der Waals surface area contributed by atoms with Crippen LogP contribution in [0.3, 0.4) is 0 Å². The molecule has 1 saturated heterocycles. The van der Waals surface area contributed by atoms with E-state index < -0.39 is 30.6 Å². The SMILES string of the molecule is COC(=O)[C@H]1OC(OC)[C@@H](O)[C@@H]1O. The Balaban J connectivity index is 2.65. The van der Waals surface area contributed by atoms with Gasteiger partial charge in [-0.3, -0.25) is 0 Å². The quantitative estimate of drug-likeness (QED) is 0.505.